The van der Waals surface area contributed by atoms with E-state index in [0.717, 1.165) is 23.7 Å². The van der Waals surface area contributed by atoms with Crippen LogP contribution in [0.15, 0.2) is 55.1 Å². The van der Waals surface area contributed by atoms with Gasteiger partial charge in [-0.25, -0.2) is 14.4 Å². The molecule has 3 aromatic rings. The molecule has 1 aromatic carbocycles. The van der Waals surface area contributed by atoms with Crippen LogP contribution < -0.4 is 10.6 Å². The molecule has 0 aliphatic carbocycles. The Morgan fingerprint density at radius 1 is 1.00 bits per heavy atom. The van der Waals surface area contributed by atoms with Crippen molar-refractivity contribution in [3.8, 4) is 0 Å². The van der Waals surface area contributed by atoms with Gasteiger partial charge in [0.2, 0.25) is 0 Å². The van der Waals surface area contributed by atoms with Crippen molar-refractivity contribution in [2.75, 3.05) is 17.2 Å². The number of benzene rings is 1. The highest BCUT2D eigenvalue weighted by Gasteiger charge is 1.99. The molecule has 2 N–H and O–H groups in total. The fraction of sp³-hybridized carbons (Fsp3) is 0.188. The van der Waals surface area contributed by atoms with E-state index < -0.39 is 0 Å². The molecule has 0 saturated carbocycles. The first-order chi connectivity index (χ1) is 11.3. The lowest BCUT2D eigenvalue weighted by molar-refractivity contribution is 0.627. The summed E-state index contributed by atoms with van der Waals surface area (Å²) < 4.78 is 14.6. The van der Waals surface area contributed by atoms with E-state index in [-0.39, 0.29) is 5.82 Å². The maximum Gasteiger partial charge on any atom is 0.137 e. The van der Waals surface area contributed by atoms with Crippen LogP contribution >= 0.6 is 0 Å². The van der Waals surface area contributed by atoms with Crippen molar-refractivity contribution in [1.82, 2.24) is 19.7 Å². The molecular weight excluding hydrogens is 295 g/mol. The van der Waals surface area contributed by atoms with E-state index >= 15 is 0 Å². The van der Waals surface area contributed by atoms with Crippen LogP contribution in [0.5, 0.6) is 0 Å². The van der Waals surface area contributed by atoms with Gasteiger partial charge in [0.25, 0.3) is 0 Å². The summed E-state index contributed by atoms with van der Waals surface area (Å²) in [4.78, 5) is 8.38. The molecule has 0 aliphatic heterocycles. The average Bonchev–Trinajstić information content (AvgIpc) is 3.08. The quantitative estimate of drug-likeness (QED) is 0.702. The Kier molecular flexibility index (Phi) is 4.78. The van der Waals surface area contributed by atoms with Crippen LogP contribution in [-0.2, 0) is 13.1 Å². The Morgan fingerprint density at radius 3 is 2.52 bits per heavy atom. The molecule has 0 unspecified atom stereocenters. The molecule has 0 spiro atoms. The number of hydrogen-bond donors (Lipinski definition) is 2. The minimum Gasteiger partial charge on any atom is -0.368 e. The number of nitrogens with one attached hydrogen (secondary N) is 2. The summed E-state index contributed by atoms with van der Waals surface area (Å²) >= 11 is 0. The van der Waals surface area contributed by atoms with Crippen LogP contribution in [0.2, 0.25) is 0 Å². The number of hydrogen-bond acceptors (Lipinski definition) is 5. The van der Waals surface area contributed by atoms with Crippen molar-refractivity contribution < 1.29 is 4.39 Å². The summed E-state index contributed by atoms with van der Waals surface area (Å²) in [5.74, 6) is 1.32. The molecular formula is C16H17FN6. The highest BCUT2D eigenvalue weighted by molar-refractivity contribution is 5.45. The standard InChI is InChI=1S/C16H17FN6/c17-14-6-4-13(5-7-14)10-20-16-3-1-2-15(22-16)19-8-9-23-12-18-11-21-23/h1-7,11-12H,8-10H2,(H2,19,20,22). The summed E-state index contributed by atoms with van der Waals surface area (Å²) in [6.45, 7) is 2.02. The molecule has 0 fully saturated rings. The molecule has 0 atom stereocenters. The van der Waals surface area contributed by atoms with Gasteiger partial charge < -0.3 is 10.6 Å². The van der Waals surface area contributed by atoms with Crippen molar-refractivity contribution in [3.63, 3.8) is 0 Å². The number of pyridine rings is 1. The second-order valence-corrected chi connectivity index (χ2v) is 4.97. The summed E-state index contributed by atoms with van der Waals surface area (Å²) in [5.41, 5.74) is 0.998. The Hall–Kier alpha value is -2.96. The third-order valence-corrected chi connectivity index (χ3v) is 3.25. The fourth-order valence-corrected chi connectivity index (χ4v) is 2.07. The van der Waals surface area contributed by atoms with Gasteiger partial charge in [-0.05, 0) is 29.8 Å². The van der Waals surface area contributed by atoms with Crippen LogP contribution in [0.25, 0.3) is 0 Å². The van der Waals surface area contributed by atoms with Gasteiger partial charge in [0.05, 0.1) is 6.54 Å². The first-order valence-electron chi connectivity index (χ1n) is 7.31. The average molecular weight is 312 g/mol. The van der Waals surface area contributed by atoms with E-state index in [9.17, 15) is 4.39 Å². The number of rotatable bonds is 7. The fourth-order valence-electron chi connectivity index (χ4n) is 2.07. The van der Waals surface area contributed by atoms with Crippen LogP contribution in [-0.4, -0.2) is 26.3 Å². The molecule has 6 nitrogen and oxygen atoms in total. The number of halogens is 1. The summed E-state index contributed by atoms with van der Waals surface area (Å²) in [6, 6.07) is 12.1. The molecule has 2 aromatic heterocycles. The zero-order chi connectivity index (χ0) is 15.9. The van der Waals surface area contributed by atoms with Gasteiger partial charge in [-0.3, -0.25) is 4.68 Å². The third-order valence-electron chi connectivity index (χ3n) is 3.25. The molecule has 0 saturated heterocycles. The number of nitrogens with zero attached hydrogens (tertiary/aromatic N) is 4. The van der Waals surface area contributed by atoms with Gasteiger partial charge in [0, 0.05) is 13.1 Å². The lowest BCUT2D eigenvalue weighted by Crippen LogP contribution is -2.12. The minimum atomic E-state index is -0.231. The molecule has 0 amide bonds. The minimum absolute atomic E-state index is 0.231. The number of aromatic nitrogens is 4. The smallest absolute Gasteiger partial charge is 0.137 e. The highest BCUT2D eigenvalue weighted by Crippen LogP contribution is 2.11. The van der Waals surface area contributed by atoms with E-state index in [0.29, 0.717) is 13.1 Å². The van der Waals surface area contributed by atoms with E-state index in [1.807, 2.05) is 18.2 Å². The maximum atomic E-state index is 12.9. The predicted octanol–water partition coefficient (Wildman–Crippen LogP) is 2.54. The predicted molar refractivity (Wildman–Crippen MR) is 86.5 cm³/mol. The lowest BCUT2D eigenvalue weighted by atomic mass is 10.2. The van der Waals surface area contributed by atoms with Crippen LogP contribution in [0.4, 0.5) is 16.0 Å². The summed E-state index contributed by atoms with van der Waals surface area (Å²) in [7, 11) is 0. The first-order valence-corrected chi connectivity index (χ1v) is 7.31. The SMILES string of the molecule is Fc1ccc(CNc2cccc(NCCn3cncn3)n2)cc1. The Balaban J connectivity index is 1.51. The van der Waals surface area contributed by atoms with Crippen LogP contribution in [0.3, 0.4) is 0 Å². The molecule has 0 aliphatic rings. The lowest BCUT2D eigenvalue weighted by Gasteiger charge is -2.09. The molecule has 7 heteroatoms. The maximum absolute atomic E-state index is 12.9. The van der Waals surface area contributed by atoms with E-state index in [4.69, 9.17) is 0 Å². The second kappa shape index (κ2) is 7.35. The molecule has 3 rings (SSSR count). The normalized spacial score (nSPS) is 10.5. The van der Waals surface area contributed by atoms with Gasteiger partial charge in [-0.2, -0.15) is 5.10 Å². The molecule has 118 valence electrons. The largest absolute Gasteiger partial charge is 0.368 e. The monoisotopic (exact) mass is 312 g/mol. The van der Waals surface area contributed by atoms with Gasteiger partial charge in [0.1, 0.15) is 30.1 Å². The third kappa shape index (κ3) is 4.50. The van der Waals surface area contributed by atoms with Crippen LogP contribution in [0, 0.1) is 5.82 Å². The van der Waals surface area contributed by atoms with Gasteiger partial charge >= 0.3 is 0 Å². The number of anilines is 2. The van der Waals surface area contributed by atoms with E-state index in [1.54, 1.807) is 23.1 Å². The molecule has 0 radical (unpaired) electrons. The van der Waals surface area contributed by atoms with Gasteiger partial charge in [-0.1, -0.05) is 18.2 Å². The summed E-state index contributed by atoms with van der Waals surface area (Å²) in [6.07, 6.45) is 3.19. The molecule has 23 heavy (non-hydrogen) atoms. The van der Waals surface area contributed by atoms with Crippen molar-refractivity contribution in [2.45, 2.75) is 13.1 Å². The van der Waals surface area contributed by atoms with Gasteiger partial charge in [0.15, 0.2) is 0 Å². The Morgan fingerprint density at radius 2 is 1.78 bits per heavy atom. The molecule has 0 bridgehead atoms. The first kappa shape index (κ1) is 15.0. The van der Waals surface area contributed by atoms with Crippen molar-refractivity contribution >= 4 is 11.6 Å². The van der Waals surface area contributed by atoms with Crippen molar-refractivity contribution in [1.29, 1.82) is 0 Å². The van der Waals surface area contributed by atoms with Crippen LogP contribution in [0.1, 0.15) is 5.56 Å². The topological polar surface area (TPSA) is 67.7 Å². The zero-order valence-electron chi connectivity index (χ0n) is 12.5. The Labute approximate surface area is 133 Å². The van der Waals surface area contributed by atoms with Crippen molar-refractivity contribution in [3.05, 3.63) is 66.5 Å². The molecule has 2 heterocycles. The summed E-state index contributed by atoms with van der Waals surface area (Å²) in [5, 5.41) is 10.5. The van der Waals surface area contributed by atoms with E-state index in [2.05, 4.69) is 25.7 Å². The second-order valence-electron chi connectivity index (χ2n) is 4.97. The van der Waals surface area contributed by atoms with Crippen molar-refractivity contribution in [2.24, 2.45) is 0 Å². The highest BCUT2D eigenvalue weighted by atomic mass is 19.1. The Bertz CT molecular complexity index is 727. The van der Waals surface area contributed by atoms with Gasteiger partial charge in [-0.15, -0.1) is 0 Å². The zero-order valence-corrected chi connectivity index (χ0v) is 12.5. The van der Waals surface area contributed by atoms with E-state index in [1.165, 1.54) is 18.5 Å².